The van der Waals surface area contributed by atoms with Gasteiger partial charge in [0.15, 0.2) is 0 Å². The number of likely N-dealkylation sites (tertiary alicyclic amines) is 1. The van der Waals surface area contributed by atoms with Crippen LogP contribution in [0.5, 0.6) is 0 Å². The summed E-state index contributed by atoms with van der Waals surface area (Å²) in [6.45, 7) is 0.823. The lowest BCUT2D eigenvalue weighted by molar-refractivity contribution is -0.124. The topological polar surface area (TPSA) is 69.6 Å². The molecule has 1 atom stereocenters. The second kappa shape index (κ2) is 8.10. The molecule has 1 unspecified atom stereocenters. The number of nitrogens with one attached hydrogen (secondary N) is 1. The Balaban J connectivity index is 1.54. The summed E-state index contributed by atoms with van der Waals surface area (Å²) in [5.41, 5.74) is 1.55. The average molecular weight is 356 g/mol. The lowest BCUT2D eigenvalue weighted by atomic mass is 10.1. The van der Waals surface area contributed by atoms with Gasteiger partial charge in [-0.1, -0.05) is 24.3 Å². The van der Waals surface area contributed by atoms with Gasteiger partial charge in [-0.15, -0.1) is 0 Å². The molecular weight excluding hydrogens is 335 g/mol. The highest BCUT2D eigenvalue weighted by Gasteiger charge is 2.31. The lowest BCUT2D eigenvalue weighted by Crippen LogP contribution is -2.34. The van der Waals surface area contributed by atoms with Gasteiger partial charge in [-0.3, -0.25) is 9.59 Å². The average Bonchev–Trinajstić information content (AvgIpc) is 3.17. The van der Waals surface area contributed by atoms with E-state index >= 15 is 0 Å². The highest BCUT2D eigenvalue weighted by molar-refractivity contribution is 5.95. The molecule has 1 aliphatic rings. The summed E-state index contributed by atoms with van der Waals surface area (Å²) in [6, 6.07) is 13.4. The van der Waals surface area contributed by atoms with E-state index in [1.165, 1.54) is 12.1 Å². The van der Waals surface area contributed by atoms with E-state index in [0.717, 1.165) is 5.56 Å². The maximum atomic E-state index is 13.4. The number of rotatable bonds is 5. The normalized spacial score (nSPS) is 16.5. The Morgan fingerprint density at radius 2 is 1.96 bits per heavy atom. The van der Waals surface area contributed by atoms with Gasteiger partial charge in [0.2, 0.25) is 5.91 Å². The molecule has 5 nitrogen and oxygen atoms in total. The van der Waals surface area contributed by atoms with Crippen molar-refractivity contribution < 1.29 is 19.1 Å². The van der Waals surface area contributed by atoms with Gasteiger partial charge in [0, 0.05) is 30.8 Å². The van der Waals surface area contributed by atoms with Crippen LogP contribution in [0.3, 0.4) is 0 Å². The summed E-state index contributed by atoms with van der Waals surface area (Å²) < 4.78 is 13.4. The zero-order chi connectivity index (χ0) is 18.5. The molecular formula is C20H21FN2O3. The van der Waals surface area contributed by atoms with Crippen LogP contribution in [0.15, 0.2) is 48.5 Å². The van der Waals surface area contributed by atoms with Crippen molar-refractivity contribution in [1.82, 2.24) is 10.2 Å². The Morgan fingerprint density at radius 1 is 1.19 bits per heavy atom. The van der Waals surface area contributed by atoms with Crippen LogP contribution in [0.4, 0.5) is 4.39 Å². The first-order chi connectivity index (χ1) is 12.6. The number of benzene rings is 2. The maximum absolute atomic E-state index is 13.4. The van der Waals surface area contributed by atoms with Crippen LogP contribution in [0.1, 0.15) is 27.9 Å². The van der Waals surface area contributed by atoms with E-state index < -0.39 is 5.82 Å². The predicted octanol–water partition coefficient (Wildman–Crippen LogP) is 2.10. The standard InChI is InChI=1S/C20H21FN2O3/c21-18-7-6-14(10-17(18)13-24)11-22-19(25)16-8-9-23(12-16)20(26)15-4-2-1-3-5-15/h1-7,10,16,24H,8-9,11-13H2,(H,22,25). The number of amides is 2. The zero-order valence-corrected chi connectivity index (χ0v) is 14.3. The van der Waals surface area contributed by atoms with Gasteiger partial charge in [0.05, 0.1) is 12.5 Å². The number of nitrogens with zero attached hydrogens (tertiary/aromatic N) is 1. The first-order valence-electron chi connectivity index (χ1n) is 8.58. The van der Waals surface area contributed by atoms with Crippen molar-refractivity contribution in [2.24, 2.45) is 5.92 Å². The second-order valence-electron chi connectivity index (χ2n) is 6.40. The summed E-state index contributed by atoms with van der Waals surface area (Å²) in [5, 5.41) is 11.9. The molecule has 2 aromatic rings. The summed E-state index contributed by atoms with van der Waals surface area (Å²) in [5.74, 6) is -0.899. The quantitative estimate of drug-likeness (QED) is 0.862. The zero-order valence-electron chi connectivity index (χ0n) is 14.3. The Labute approximate surface area is 151 Å². The van der Waals surface area contributed by atoms with Gasteiger partial charge in [-0.25, -0.2) is 4.39 Å². The highest BCUT2D eigenvalue weighted by atomic mass is 19.1. The molecule has 1 fully saturated rings. The minimum Gasteiger partial charge on any atom is -0.392 e. The van der Waals surface area contributed by atoms with Crippen molar-refractivity contribution in [3.05, 3.63) is 71.0 Å². The van der Waals surface area contributed by atoms with Crippen molar-refractivity contribution in [2.75, 3.05) is 13.1 Å². The molecule has 3 rings (SSSR count). The van der Waals surface area contributed by atoms with Crippen LogP contribution in [0.2, 0.25) is 0 Å². The third-order valence-electron chi connectivity index (χ3n) is 4.61. The SMILES string of the molecule is O=C(NCc1ccc(F)c(CO)c1)C1CCN(C(=O)c2ccccc2)C1. The molecule has 0 bridgehead atoms. The largest absolute Gasteiger partial charge is 0.392 e. The van der Waals surface area contributed by atoms with E-state index in [1.54, 1.807) is 23.1 Å². The summed E-state index contributed by atoms with van der Waals surface area (Å²) in [7, 11) is 0. The second-order valence-corrected chi connectivity index (χ2v) is 6.40. The number of carbonyl (C=O) groups excluding carboxylic acids is 2. The number of hydrogen-bond donors (Lipinski definition) is 2. The number of carbonyl (C=O) groups is 2. The van der Waals surface area contributed by atoms with Crippen molar-refractivity contribution in [3.63, 3.8) is 0 Å². The van der Waals surface area contributed by atoms with Crippen LogP contribution in [-0.4, -0.2) is 34.9 Å². The lowest BCUT2D eigenvalue weighted by Gasteiger charge is -2.16. The van der Waals surface area contributed by atoms with Gasteiger partial charge < -0.3 is 15.3 Å². The van der Waals surface area contributed by atoms with E-state index in [9.17, 15) is 14.0 Å². The van der Waals surface area contributed by atoms with Crippen molar-refractivity contribution in [3.8, 4) is 0 Å². The van der Waals surface area contributed by atoms with Gasteiger partial charge in [0.1, 0.15) is 5.82 Å². The fourth-order valence-corrected chi connectivity index (χ4v) is 3.11. The third-order valence-corrected chi connectivity index (χ3v) is 4.61. The van der Waals surface area contributed by atoms with Gasteiger partial charge >= 0.3 is 0 Å². The van der Waals surface area contributed by atoms with E-state index in [2.05, 4.69) is 5.32 Å². The molecule has 0 aliphatic carbocycles. The Kier molecular flexibility index (Phi) is 5.63. The molecule has 26 heavy (non-hydrogen) atoms. The molecule has 1 heterocycles. The Hall–Kier alpha value is -2.73. The van der Waals surface area contributed by atoms with Crippen LogP contribution in [0, 0.1) is 11.7 Å². The van der Waals surface area contributed by atoms with E-state index in [1.807, 2.05) is 18.2 Å². The smallest absolute Gasteiger partial charge is 0.253 e. The molecule has 0 saturated carbocycles. The maximum Gasteiger partial charge on any atom is 0.253 e. The minimum absolute atomic E-state index is 0.0629. The van der Waals surface area contributed by atoms with E-state index in [0.29, 0.717) is 25.1 Å². The fourth-order valence-electron chi connectivity index (χ4n) is 3.11. The fraction of sp³-hybridized carbons (Fsp3) is 0.300. The number of aliphatic hydroxyl groups excluding tert-OH is 1. The summed E-state index contributed by atoms with van der Waals surface area (Å²) in [6.07, 6.45) is 0.621. The van der Waals surface area contributed by atoms with Crippen molar-refractivity contribution in [1.29, 1.82) is 0 Å². The van der Waals surface area contributed by atoms with Crippen LogP contribution >= 0.6 is 0 Å². The minimum atomic E-state index is -0.464. The highest BCUT2D eigenvalue weighted by Crippen LogP contribution is 2.19. The third kappa shape index (κ3) is 4.08. The first kappa shape index (κ1) is 18.1. The predicted molar refractivity (Wildman–Crippen MR) is 94.6 cm³/mol. The van der Waals surface area contributed by atoms with E-state index in [-0.39, 0.29) is 36.4 Å². The summed E-state index contributed by atoms with van der Waals surface area (Å²) >= 11 is 0. The molecule has 0 aromatic heterocycles. The monoisotopic (exact) mass is 356 g/mol. The van der Waals surface area contributed by atoms with Gasteiger partial charge in [-0.05, 0) is 36.2 Å². The Bertz CT molecular complexity index is 795. The molecule has 0 radical (unpaired) electrons. The molecule has 1 aliphatic heterocycles. The van der Waals surface area contributed by atoms with Crippen molar-refractivity contribution >= 4 is 11.8 Å². The Morgan fingerprint density at radius 3 is 2.69 bits per heavy atom. The first-order valence-corrected chi connectivity index (χ1v) is 8.58. The molecule has 2 aromatic carbocycles. The molecule has 2 amide bonds. The number of hydrogen-bond acceptors (Lipinski definition) is 3. The van der Waals surface area contributed by atoms with Gasteiger partial charge in [-0.2, -0.15) is 0 Å². The summed E-state index contributed by atoms with van der Waals surface area (Å²) in [4.78, 5) is 26.5. The molecule has 2 N–H and O–H groups in total. The molecule has 1 saturated heterocycles. The van der Waals surface area contributed by atoms with Crippen LogP contribution < -0.4 is 5.32 Å². The number of aliphatic hydroxyl groups is 1. The van der Waals surface area contributed by atoms with E-state index in [4.69, 9.17) is 5.11 Å². The molecule has 0 spiro atoms. The molecule has 6 heteroatoms. The molecule has 136 valence electrons. The van der Waals surface area contributed by atoms with Gasteiger partial charge in [0.25, 0.3) is 5.91 Å². The van der Waals surface area contributed by atoms with Crippen LogP contribution in [0.25, 0.3) is 0 Å². The number of halogens is 1. The van der Waals surface area contributed by atoms with Crippen molar-refractivity contribution in [2.45, 2.75) is 19.6 Å². The van der Waals surface area contributed by atoms with Crippen LogP contribution in [-0.2, 0) is 17.9 Å².